The molecule has 0 fully saturated rings. The van der Waals surface area contributed by atoms with Gasteiger partial charge in [-0.1, -0.05) is 6.58 Å². The quantitative estimate of drug-likeness (QED) is 0.644. The molecule has 0 aromatic heterocycles. The Morgan fingerprint density at radius 1 is 1.29 bits per heavy atom. The summed E-state index contributed by atoms with van der Waals surface area (Å²) in [7, 11) is -3.13. The van der Waals surface area contributed by atoms with Gasteiger partial charge in [0.1, 0.15) is 0 Å². The molecule has 0 saturated heterocycles. The molecule has 0 aliphatic carbocycles. The van der Waals surface area contributed by atoms with E-state index >= 15 is 0 Å². The predicted octanol–water partition coefficient (Wildman–Crippen LogP) is 0.461. The standard InChI is InChI=1S/C11H19NO4S/c1-4-10(13)5-6-11(14)12-7-8-17(15,16)9(2)3/h4,9H,1,5-8H2,2-3H3,(H,12,14). The van der Waals surface area contributed by atoms with Crippen LogP contribution in [0.25, 0.3) is 0 Å². The number of carbonyl (C=O) groups is 2. The van der Waals surface area contributed by atoms with Crippen molar-refractivity contribution in [2.24, 2.45) is 0 Å². The van der Waals surface area contributed by atoms with Gasteiger partial charge in [0.2, 0.25) is 5.91 Å². The number of sulfone groups is 1. The van der Waals surface area contributed by atoms with Crippen LogP contribution < -0.4 is 5.32 Å². The van der Waals surface area contributed by atoms with Gasteiger partial charge in [0.25, 0.3) is 0 Å². The molecule has 0 atom stereocenters. The number of ketones is 1. The van der Waals surface area contributed by atoms with E-state index in [0.29, 0.717) is 0 Å². The van der Waals surface area contributed by atoms with Gasteiger partial charge in [-0.05, 0) is 19.9 Å². The smallest absolute Gasteiger partial charge is 0.220 e. The van der Waals surface area contributed by atoms with Gasteiger partial charge in [-0.2, -0.15) is 0 Å². The molecule has 0 rings (SSSR count). The highest BCUT2D eigenvalue weighted by atomic mass is 32.2. The Labute approximate surface area is 102 Å². The Kier molecular flexibility index (Phi) is 6.72. The molecule has 0 aliphatic heterocycles. The molecule has 1 amide bonds. The molecule has 0 spiro atoms. The second-order valence-electron chi connectivity index (χ2n) is 3.94. The fraction of sp³-hybridized carbons (Fsp3) is 0.636. The largest absolute Gasteiger partial charge is 0.355 e. The Bertz CT molecular complexity index is 384. The van der Waals surface area contributed by atoms with Crippen LogP contribution in [0.5, 0.6) is 0 Å². The van der Waals surface area contributed by atoms with Crippen molar-refractivity contribution in [2.45, 2.75) is 31.9 Å². The van der Waals surface area contributed by atoms with Crippen molar-refractivity contribution >= 4 is 21.5 Å². The third-order valence-electron chi connectivity index (χ3n) is 2.25. The Hall–Kier alpha value is -1.17. The van der Waals surface area contributed by atoms with E-state index < -0.39 is 15.1 Å². The van der Waals surface area contributed by atoms with Crippen molar-refractivity contribution in [3.63, 3.8) is 0 Å². The summed E-state index contributed by atoms with van der Waals surface area (Å²) in [5, 5.41) is 2.03. The van der Waals surface area contributed by atoms with Crippen LogP contribution in [0, 0.1) is 0 Å². The lowest BCUT2D eigenvalue weighted by atomic mass is 10.2. The van der Waals surface area contributed by atoms with Crippen molar-refractivity contribution in [3.05, 3.63) is 12.7 Å². The Morgan fingerprint density at radius 3 is 2.35 bits per heavy atom. The molecular weight excluding hydrogens is 242 g/mol. The van der Waals surface area contributed by atoms with Gasteiger partial charge in [0.05, 0.1) is 11.0 Å². The second-order valence-corrected chi connectivity index (χ2v) is 6.61. The highest BCUT2D eigenvalue weighted by Crippen LogP contribution is 1.99. The summed E-state index contributed by atoms with van der Waals surface area (Å²) in [5.74, 6) is -0.597. The van der Waals surface area contributed by atoms with Crippen LogP contribution in [0.1, 0.15) is 26.7 Å². The summed E-state index contributed by atoms with van der Waals surface area (Å²) in [4.78, 5) is 22.1. The lowest BCUT2D eigenvalue weighted by molar-refractivity contribution is -0.123. The summed E-state index contributed by atoms with van der Waals surface area (Å²) in [6.45, 7) is 6.57. The van der Waals surface area contributed by atoms with Crippen LogP contribution in [-0.2, 0) is 19.4 Å². The molecule has 6 heteroatoms. The second kappa shape index (κ2) is 7.21. The Balaban J connectivity index is 3.87. The molecule has 17 heavy (non-hydrogen) atoms. The number of allylic oxidation sites excluding steroid dienone is 1. The van der Waals surface area contributed by atoms with Crippen molar-refractivity contribution in [1.82, 2.24) is 5.32 Å². The first-order valence-electron chi connectivity index (χ1n) is 5.43. The monoisotopic (exact) mass is 261 g/mol. The fourth-order valence-corrected chi connectivity index (χ4v) is 1.85. The highest BCUT2D eigenvalue weighted by Gasteiger charge is 2.15. The number of rotatable bonds is 8. The van der Waals surface area contributed by atoms with E-state index in [1.54, 1.807) is 13.8 Å². The summed E-state index contributed by atoms with van der Waals surface area (Å²) >= 11 is 0. The maximum Gasteiger partial charge on any atom is 0.220 e. The van der Waals surface area contributed by atoms with Gasteiger partial charge in [0, 0.05) is 19.4 Å². The molecule has 98 valence electrons. The average Bonchev–Trinajstić information content (AvgIpc) is 2.25. The van der Waals surface area contributed by atoms with E-state index in [0.717, 1.165) is 6.08 Å². The molecule has 1 N–H and O–H groups in total. The third-order valence-corrected chi connectivity index (χ3v) is 4.46. The molecular formula is C11H19NO4S. The Morgan fingerprint density at radius 2 is 1.88 bits per heavy atom. The van der Waals surface area contributed by atoms with E-state index in [4.69, 9.17) is 0 Å². The van der Waals surface area contributed by atoms with E-state index in [1.165, 1.54) is 0 Å². The molecule has 0 bridgehead atoms. The number of amides is 1. The van der Waals surface area contributed by atoms with Gasteiger partial charge in [0.15, 0.2) is 15.6 Å². The van der Waals surface area contributed by atoms with Gasteiger partial charge < -0.3 is 5.32 Å². The van der Waals surface area contributed by atoms with E-state index in [2.05, 4.69) is 11.9 Å². The molecule has 0 heterocycles. The van der Waals surface area contributed by atoms with E-state index in [1.807, 2.05) is 0 Å². The van der Waals surface area contributed by atoms with Gasteiger partial charge in [-0.25, -0.2) is 8.42 Å². The minimum absolute atomic E-state index is 0.0621. The zero-order chi connectivity index (χ0) is 13.5. The molecule has 0 aromatic carbocycles. The third kappa shape index (κ3) is 6.88. The van der Waals surface area contributed by atoms with Crippen LogP contribution in [0.3, 0.4) is 0 Å². The molecule has 0 aromatic rings. The predicted molar refractivity (Wildman–Crippen MR) is 66.4 cm³/mol. The lowest BCUT2D eigenvalue weighted by Crippen LogP contribution is -2.31. The van der Waals surface area contributed by atoms with Crippen LogP contribution in [0.2, 0.25) is 0 Å². The minimum atomic E-state index is -3.13. The number of hydrogen-bond donors (Lipinski definition) is 1. The zero-order valence-electron chi connectivity index (χ0n) is 10.2. The summed E-state index contributed by atoms with van der Waals surface area (Å²) in [6, 6.07) is 0. The normalized spacial score (nSPS) is 11.2. The number of hydrogen-bond acceptors (Lipinski definition) is 4. The molecule has 0 radical (unpaired) electrons. The highest BCUT2D eigenvalue weighted by molar-refractivity contribution is 7.92. The molecule has 5 nitrogen and oxygen atoms in total. The minimum Gasteiger partial charge on any atom is -0.355 e. The zero-order valence-corrected chi connectivity index (χ0v) is 11.0. The van der Waals surface area contributed by atoms with Crippen molar-refractivity contribution in [3.8, 4) is 0 Å². The number of nitrogens with one attached hydrogen (secondary N) is 1. The maximum atomic E-state index is 11.4. The molecule has 0 unspecified atom stereocenters. The molecule has 0 aliphatic rings. The first-order valence-corrected chi connectivity index (χ1v) is 7.14. The lowest BCUT2D eigenvalue weighted by Gasteiger charge is -2.08. The topological polar surface area (TPSA) is 80.3 Å². The first kappa shape index (κ1) is 15.8. The van der Waals surface area contributed by atoms with Crippen LogP contribution in [0.15, 0.2) is 12.7 Å². The van der Waals surface area contributed by atoms with Gasteiger partial charge in [-0.15, -0.1) is 0 Å². The SMILES string of the molecule is C=CC(=O)CCC(=O)NCCS(=O)(=O)C(C)C. The first-order chi connectivity index (χ1) is 7.79. The van der Waals surface area contributed by atoms with E-state index in [-0.39, 0.29) is 36.8 Å². The van der Waals surface area contributed by atoms with Crippen molar-refractivity contribution in [1.29, 1.82) is 0 Å². The van der Waals surface area contributed by atoms with Gasteiger partial charge >= 0.3 is 0 Å². The average molecular weight is 261 g/mol. The summed E-state index contributed by atoms with van der Waals surface area (Å²) < 4.78 is 22.8. The van der Waals surface area contributed by atoms with Crippen molar-refractivity contribution in [2.75, 3.05) is 12.3 Å². The summed E-state index contributed by atoms with van der Waals surface area (Å²) in [6.07, 6.45) is 1.33. The maximum absolute atomic E-state index is 11.4. The molecule has 0 saturated carbocycles. The van der Waals surface area contributed by atoms with Crippen molar-refractivity contribution < 1.29 is 18.0 Å². The van der Waals surface area contributed by atoms with Crippen LogP contribution in [-0.4, -0.2) is 37.7 Å². The van der Waals surface area contributed by atoms with Crippen LogP contribution >= 0.6 is 0 Å². The van der Waals surface area contributed by atoms with E-state index in [9.17, 15) is 18.0 Å². The van der Waals surface area contributed by atoms with Crippen LogP contribution in [0.4, 0.5) is 0 Å². The fourth-order valence-electron chi connectivity index (χ4n) is 0.996. The van der Waals surface area contributed by atoms with Gasteiger partial charge in [-0.3, -0.25) is 9.59 Å². The number of carbonyl (C=O) groups excluding carboxylic acids is 2. The summed E-state index contributed by atoms with van der Waals surface area (Å²) in [5.41, 5.74) is 0.